The van der Waals surface area contributed by atoms with Crippen molar-refractivity contribution in [3.8, 4) is 45.3 Å². The first-order valence-electron chi connectivity index (χ1n) is 13.6. The van der Waals surface area contributed by atoms with Gasteiger partial charge >= 0.3 is 0 Å². The zero-order valence-corrected chi connectivity index (χ0v) is 23.8. The number of fused-ring (bicyclic) bond motifs is 4. The van der Waals surface area contributed by atoms with E-state index in [-0.39, 0.29) is 0 Å². The molecule has 0 unspecified atom stereocenters. The number of hydrogen-bond acceptors (Lipinski definition) is 5. The second-order valence-electron chi connectivity index (χ2n) is 10.1. The Morgan fingerprint density at radius 3 is 2.10 bits per heavy atom. The maximum Gasteiger partial charge on any atom is 0.164 e. The largest absolute Gasteiger partial charge is 0.456 e. The Labute approximate surface area is 249 Å². The summed E-state index contributed by atoms with van der Waals surface area (Å²) in [6.45, 7) is 0. The summed E-state index contributed by atoms with van der Waals surface area (Å²) in [6, 6.07) is 40.7. The summed E-state index contributed by atoms with van der Waals surface area (Å²) in [5.74, 6) is 1.78. The van der Waals surface area contributed by atoms with Crippen molar-refractivity contribution in [3.63, 3.8) is 0 Å². The van der Waals surface area contributed by atoms with Crippen molar-refractivity contribution < 1.29 is 4.42 Å². The van der Waals surface area contributed by atoms with Crippen molar-refractivity contribution in [1.82, 2.24) is 19.9 Å². The Balaban J connectivity index is 1.37. The molecule has 3 aromatic heterocycles. The average Bonchev–Trinajstić information content (AvgIpc) is 3.43. The first kappa shape index (κ1) is 24.6. The molecule has 3 heterocycles. The van der Waals surface area contributed by atoms with Crippen molar-refractivity contribution >= 4 is 48.8 Å². The topological polar surface area (TPSA) is 64.7 Å². The molecule has 8 rings (SSSR count). The van der Waals surface area contributed by atoms with Crippen LogP contribution in [0, 0.1) is 0 Å². The highest BCUT2D eigenvalue weighted by molar-refractivity contribution is 9.10. The van der Waals surface area contributed by atoms with E-state index in [0.717, 1.165) is 65.1 Å². The van der Waals surface area contributed by atoms with Crippen LogP contribution in [0.4, 0.5) is 0 Å². The van der Waals surface area contributed by atoms with Crippen LogP contribution < -0.4 is 0 Å². The molecule has 0 atom stereocenters. The van der Waals surface area contributed by atoms with Crippen molar-refractivity contribution in [2.45, 2.75) is 0 Å². The number of hydrogen-bond donors (Lipinski definition) is 0. The van der Waals surface area contributed by atoms with Crippen LogP contribution in [-0.2, 0) is 0 Å². The van der Waals surface area contributed by atoms with Crippen LogP contribution in [0.15, 0.2) is 136 Å². The highest BCUT2D eigenvalue weighted by atomic mass is 79.9. The minimum absolute atomic E-state index is 0.588. The third-order valence-corrected chi connectivity index (χ3v) is 7.88. The van der Waals surface area contributed by atoms with Gasteiger partial charge in [0, 0.05) is 43.5 Å². The van der Waals surface area contributed by atoms with E-state index in [4.69, 9.17) is 19.4 Å². The highest BCUT2D eigenvalue weighted by Gasteiger charge is 2.18. The van der Waals surface area contributed by atoms with E-state index < -0.39 is 0 Å². The van der Waals surface area contributed by atoms with Gasteiger partial charge in [-0.2, -0.15) is 0 Å². The van der Waals surface area contributed by atoms with Gasteiger partial charge in [-0.15, -0.1) is 0 Å². The molecule has 0 saturated carbocycles. The fourth-order valence-electron chi connectivity index (χ4n) is 5.53. The Kier molecular flexibility index (Phi) is 5.86. The molecule has 5 nitrogen and oxygen atoms in total. The number of benzene rings is 5. The maximum atomic E-state index is 6.18. The van der Waals surface area contributed by atoms with E-state index >= 15 is 0 Å². The van der Waals surface area contributed by atoms with Gasteiger partial charge in [0.15, 0.2) is 17.5 Å². The highest BCUT2D eigenvalue weighted by Crippen LogP contribution is 2.37. The van der Waals surface area contributed by atoms with E-state index in [0.29, 0.717) is 17.5 Å². The number of pyridine rings is 1. The fraction of sp³-hybridized carbons (Fsp3) is 0. The van der Waals surface area contributed by atoms with Crippen LogP contribution in [0.2, 0.25) is 0 Å². The lowest BCUT2D eigenvalue weighted by molar-refractivity contribution is 0.669. The van der Waals surface area contributed by atoms with Crippen LogP contribution >= 0.6 is 15.9 Å². The first-order valence-corrected chi connectivity index (χ1v) is 14.4. The molecule has 198 valence electrons. The van der Waals surface area contributed by atoms with E-state index in [9.17, 15) is 0 Å². The number of rotatable bonds is 4. The Hall–Kier alpha value is -5.20. The lowest BCUT2D eigenvalue weighted by Gasteiger charge is -2.12. The third-order valence-electron chi connectivity index (χ3n) is 7.42. The van der Waals surface area contributed by atoms with Crippen molar-refractivity contribution in [3.05, 3.63) is 132 Å². The molecular weight excluding hydrogens is 584 g/mol. The smallest absolute Gasteiger partial charge is 0.164 e. The predicted octanol–water partition coefficient (Wildman–Crippen LogP) is 9.75. The summed E-state index contributed by atoms with van der Waals surface area (Å²) in [6.07, 6.45) is 1.82. The van der Waals surface area contributed by atoms with E-state index in [1.54, 1.807) is 0 Å². The summed E-state index contributed by atoms with van der Waals surface area (Å²) in [5.41, 5.74) is 7.41. The van der Waals surface area contributed by atoms with Gasteiger partial charge in [-0.3, -0.25) is 4.98 Å². The minimum atomic E-state index is 0.588. The van der Waals surface area contributed by atoms with E-state index in [1.807, 2.05) is 91.1 Å². The van der Waals surface area contributed by atoms with E-state index in [2.05, 4.69) is 57.3 Å². The Bertz CT molecular complexity index is 2270. The van der Waals surface area contributed by atoms with Crippen molar-refractivity contribution in [1.29, 1.82) is 0 Å². The summed E-state index contributed by atoms with van der Waals surface area (Å²) in [7, 11) is 0. The zero-order chi connectivity index (χ0) is 28.0. The van der Waals surface area contributed by atoms with Crippen molar-refractivity contribution in [2.75, 3.05) is 0 Å². The van der Waals surface area contributed by atoms with Crippen molar-refractivity contribution in [2.24, 2.45) is 0 Å². The molecular formula is C36H21BrN4O. The van der Waals surface area contributed by atoms with Gasteiger partial charge in [0.25, 0.3) is 0 Å². The maximum absolute atomic E-state index is 6.18. The minimum Gasteiger partial charge on any atom is -0.456 e. The Morgan fingerprint density at radius 2 is 1.19 bits per heavy atom. The molecule has 0 spiro atoms. The Morgan fingerprint density at radius 1 is 0.500 bits per heavy atom. The van der Waals surface area contributed by atoms with Gasteiger partial charge in [-0.05, 0) is 53.6 Å². The molecule has 0 aliphatic carbocycles. The summed E-state index contributed by atoms with van der Waals surface area (Å²) < 4.78 is 7.11. The molecule has 5 aromatic carbocycles. The van der Waals surface area contributed by atoms with Gasteiger partial charge in [0.1, 0.15) is 11.2 Å². The van der Waals surface area contributed by atoms with Gasteiger partial charge in [0.2, 0.25) is 0 Å². The standard InChI is InChI=1S/C36H21BrN4O/c37-25-20-23(26-12-6-15-30-27(26)14-8-18-38-30)19-24(21-25)35-39-34(22-9-2-1-3-10-22)40-36(41-35)29-13-7-17-32-33(29)28-11-4-5-16-31(28)42-32/h1-21H. The lowest BCUT2D eigenvalue weighted by Crippen LogP contribution is -2.00. The second kappa shape index (κ2) is 10.0. The van der Waals surface area contributed by atoms with Crippen LogP contribution in [0.25, 0.3) is 78.1 Å². The fourth-order valence-corrected chi connectivity index (χ4v) is 6.03. The molecule has 6 heteroatoms. The zero-order valence-electron chi connectivity index (χ0n) is 22.2. The molecule has 42 heavy (non-hydrogen) atoms. The monoisotopic (exact) mass is 604 g/mol. The predicted molar refractivity (Wildman–Crippen MR) is 172 cm³/mol. The number of halogens is 1. The second-order valence-corrected chi connectivity index (χ2v) is 11.0. The van der Waals surface area contributed by atoms with Crippen LogP contribution in [0.3, 0.4) is 0 Å². The quantitative estimate of drug-likeness (QED) is 0.200. The number of furan rings is 1. The van der Waals surface area contributed by atoms with Crippen LogP contribution in [-0.4, -0.2) is 19.9 Å². The molecule has 0 radical (unpaired) electrons. The first-order chi connectivity index (χ1) is 20.7. The summed E-state index contributed by atoms with van der Waals surface area (Å²) in [4.78, 5) is 19.6. The average molecular weight is 605 g/mol. The van der Waals surface area contributed by atoms with Gasteiger partial charge < -0.3 is 4.42 Å². The molecule has 0 fully saturated rings. The number of aromatic nitrogens is 4. The van der Waals surface area contributed by atoms with Gasteiger partial charge in [-0.25, -0.2) is 15.0 Å². The number of nitrogens with zero attached hydrogens (tertiary/aromatic N) is 4. The van der Waals surface area contributed by atoms with Crippen LogP contribution in [0.5, 0.6) is 0 Å². The third kappa shape index (κ3) is 4.24. The molecule has 0 amide bonds. The molecule has 0 saturated heterocycles. The molecule has 0 bridgehead atoms. The van der Waals surface area contributed by atoms with Crippen LogP contribution in [0.1, 0.15) is 0 Å². The summed E-state index contributed by atoms with van der Waals surface area (Å²) in [5, 5.41) is 3.10. The lowest BCUT2D eigenvalue weighted by atomic mass is 9.98. The summed E-state index contributed by atoms with van der Waals surface area (Å²) >= 11 is 3.75. The van der Waals surface area contributed by atoms with Gasteiger partial charge in [0.05, 0.1) is 5.52 Å². The number of para-hydroxylation sites is 1. The molecule has 0 aliphatic rings. The SMILES string of the molecule is Brc1cc(-c2nc(-c3ccccc3)nc(-c3cccc4oc5ccccc5c34)n2)cc(-c2cccc3ncccc23)c1. The molecule has 0 N–H and O–H groups in total. The normalized spacial score (nSPS) is 11.5. The van der Waals surface area contributed by atoms with Gasteiger partial charge in [-0.1, -0.05) is 94.8 Å². The molecule has 8 aromatic rings. The molecule has 0 aliphatic heterocycles. The van der Waals surface area contributed by atoms with E-state index in [1.165, 1.54) is 0 Å².